The van der Waals surface area contributed by atoms with E-state index in [1.165, 1.54) is 6.20 Å². The van der Waals surface area contributed by atoms with E-state index >= 15 is 0 Å². The molecule has 0 saturated carbocycles. The Balaban J connectivity index is 1.67. The Hall–Kier alpha value is -2.36. The van der Waals surface area contributed by atoms with Crippen LogP contribution in [0.15, 0.2) is 30.5 Å². The predicted octanol–water partition coefficient (Wildman–Crippen LogP) is 2.82. The monoisotopic (exact) mass is 363 g/mol. The van der Waals surface area contributed by atoms with Gasteiger partial charge in [0, 0.05) is 13.1 Å². The molecule has 0 fully saturated rings. The molecule has 0 atom stereocenters. The lowest BCUT2D eigenvalue weighted by atomic mass is 10.1. The maximum absolute atomic E-state index is 11.8. The van der Waals surface area contributed by atoms with Gasteiger partial charge in [-0.1, -0.05) is 23.7 Å². The van der Waals surface area contributed by atoms with Crippen LogP contribution < -0.4 is 10.6 Å². The van der Waals surface area contributed by atoms with Gasteiger partial charge >= 0.3 is 0 Å². The normalized spacial score (nSPS) is 10.0. The molecule has 24 heavy (non-hydrogen) atoms. The topological polar surface area (TPSA) is 90.7 Å². The lowest BCUT2D eigenvalue weighted by Gasteiger charge is -2.08. The summed E-state index contributed by atoms with van der Waals surface area (Å²) in [5.74, 6) is 0.406. The van der Waals surface area contributed by atoms with Crippen LogP contribution in [0.3, 0.4) is 0 Å². The number of nitrogens with one attached hydrogen (secondary N) is 2. The number of carbonyl (C=O) groups excluding carboxylic acids is 1. The molecule has 1 aromatic heterocycles. The van der Waals surface area contributed by atoms with Gasteiger partial charge in [0.05, 0.1) is 24.3 Å². The summed E-state index contributed by atoms with van der Waals surface area (Å²) in [7, 11) is 0. The Morgan fingerprint density at radius 3 is 2.67 bits per heavy atom. The Labute approximate surface area is 149 Å². The summed E-state index contributed by atoms with van der Waals surface area (Å²) in [6, 6.07) is 8.99. The largest absolute Gasteiger partial charge is 0.369 e. The molecule has 2 aromatic rings. The second-order valence-electron chi connectivity index (χ2n) is 4.95. The van der Waals surface area contributed by atoms with E-state index in [-0.39, 0.29) is 17.6 Å². The van der Waals surface area contributed by atoms with Gasteiger partial charge in [-0.05, 0) is 35.7 Å². The number of halogens is 2. The zero-order chi connectivity index (χ0) is 17.4. The first-order chi connectivity index (χ1) is 11.6. The highest BCUT2D eigenvalue weighted by molar-refractivity contribution is 6.33. The van der Waals surface area contributed by atoms with Crippen molar-refractivity contribution in [2.45, 2.75) is 12.8 Å². The summed E-state index contributed by atoms with van der Waals surface area (Å²) in [4.78, 5) is 19.6. The molecular formula is C16H15Cl2N5O. The summed E-state index contributed by atoms with van der Waals surface area (Å²) in [5.41, 5.74) is 1.45. The smallest absolute Gasteiger partial charge is 0.224 e. The molecule has 0 bridgehead atoms. The molecule has 0 saturated heterocycles. The van der Waals surface area contributed by atoms with Gasteiger partial charge in [0.2, 0.25) is 11.2 Å². The zero-order valence-corrected chi connectivity index (χ0v) is 14.2. The molecule has 8 heteroatoms. The number of carbonyl (C=O) groups is 1. The average Bonchev–Trinajstić information content (AvgIpc) is 2.58. The van der Waals surface area contributed by atoms with Gasteiger partial charge in [-0.25, -0.2) is 4.98 Å². The number of benzene rings is 1. The quantitative estimate of drug-likeness (QED) is 0.582. The molecule has 0 spiro atoms. The number of nitrogens with zero attached hydrogens (tertiary/aromatic N) is 3. The molecule has 0 unspecified atom stereocenters. The molecule has 6 nitrogen and oxygen atoms in total. The molecule has 0 radical (unpaired) electrons. The van der Waals surface area contributed by atoms with E-state index in [2.05, 4.69) is 20.6 Å². The van der Waals surface area contributed by atoms with Crippen molar-refractivity contribution in [3.63, 3.8) is 0 Å². The fourth-order valence-corrected chi connectivity index (χ4v) is 2.23. The lowest BCUT2D eigenvalue weighted by Crippen LogP contribution is -2.27. The van der Waals surface area contributed by atoms with E-state index < -0.39 is 0 Å². The highest BCUT2D eigenvalue weighted by Gasteiger charge is 2.05. The number of rotatable bonds is 7. The van der Waals surface area contributed by atoms with Gasteiger partial charge in [-0.2, -0.15) is 10.2 Å². The van der Waals surface area contributed by atoms with Crippen LogP contribution >= 0.6 is 23.2 Å². The number of hydrogen-bond acceptors (Lipinski definition) is 5. The Morgan fingerprint density at radius 2 is 1.96 bits per heavy atom. The fourth-order valence-electron chi connectivity index (χ4n) is 1.94. The molecule has 124 valence electrons. The van der Waals surface area contributed by atoms with Gasteiger partial charge < -0.3 is 10.6 Å². The molecular weight excluding hydrogens is 349 g/mol. The zero-order valence-electron chi connectivity index (χ0n) is 12.7. The van der Waals surface area contributed by atoms with E-state index in [0.29, 0.717) is 35.9 Å². The van der Waals surface area contributed by atoms with E-state index in [9.17, 15) is 4.79 Å². The maximum atomic E-state index is 11.8. The Kier molecular flexibility index (Phi) is 6.79. The minimum atomic E-state index is -0.0668. The molecule has 1 amide bonds. The van der Waals surface area contributed by atoms with Crippen molar-refractivity contribution >= 4 is 34.9 Å². The minimum Gasteiger partial charge on any atom is -0.369 e. The van der Waals surface area contributed by atoms with Crippen molar-refractivity contribution in [1.29, 1.82) is 5.26 Å². The highest BCUT2D eigenvalue weighted by atomic mass is 35.5. The van der Waals surface area contributed by atoms with E-state index in [1.807, 2.05) is 6.07 Å². The summed E-state index contributed by atoms with van der Waals surface area (Å²) in [6.45, 7) is 1.11. The van der Waals surface area contributed by atoms with Crippen molar-refractivity contribution in [2.75, 3.05) is 18.4 Å². The van der Waals surface area contributed by atoms with Crippen LogP contribution in [0.4, 0.5) is 5.82 Å². The summed E-state index contributed by atoms with van der Waals surface area (Å²) < 4.78 is 0. The summed E-state index contributed by atoms with van der Waals surface area (Å²) >= 11 is 11.6. The number of hydrogen-bond donors (Lipinski definition) is 2. The van der Waals surface area contributed by atoms with Crippen LogP contribution in [-0.4, -0.2) is 29.0 Å². The van der Waals surface area contributed by atoms with Gasteiger partial charge in [0.15, 0.2) is 0 Å². The third kappa shape index (κ3) is 5.69. The molecule has 0 aliphatic heterocycles. The SMILES string of the molecule is N#Cc1ccc(CC(=O)NCCCNc2nc(Cl)ncc2Cl)cc1. The number of aromatic nitrogens is 2. The van der Waals surface area contributed by atoms with Crippen LogP contribution in [0.5, 0.6) is 0 Å². The first-order valence-corrected chi connectivity index (χ1v) is 8.01. The molecule has 1 heterocycles. The molecule has 0 aliphatic rings. The first kappa shape index (κ1) is 18.0. The van der Waals surface area contributed by atoms with Gasteiger partial charge in [0.1, 0.15) is 10.8 Å². The van der Waals surface area contributed by atoms with Crippen molar-refractivity contribution in [3.8, 4) is 6.07 Å². The van der Waals surface area contributed by atoms with Crippen LogP contribution in [0.2, 0.25) is 10.3 Å². The van der Waals surface area contributed by atoms with Gasteiger partial charge in [-0.15, -0.1) is 0 Å². The number of amides is 1. The molecule has 2 N–H and O–H groups in total. The minimum absolute atomic E-state index is 0.0668. The van der Waals surface area contributed by atoms with E-state index in [1.54, 1.807) is 24.3 Å². The molecule has 1 aromatic carbocycles. The third-order valence-corrected chi connectivity index (χ3v) is 3.59. The molecule has 0 aliphatic carbocycles. The maximum Gasteiger partial charge on any atom is 0.224 e. The lowest BCUT2D eigenvalue weighted by molar-refractivity contribution is -0.120. The second kappa shape index (κ2) is 9.06. The highest BCUT2D eigenvalue weighted by Crippen LogP contribution is 2.18. The van der Waals surface area contributed by atoms with Crippen LogP contribution in [0.25, 0.3) is 0 Å². The van der Waals surface area contributed by atoms with Crippen molar-refractivity contribution in [1.82, 2.24) is 15.3 Å². The summed E-state index contributed by atoms with van der Waals surface area (Å²) in [5, 5.41) is 15.1. The van der Waals surface area contributed by atoms with Crippen LogP contribution in [0.1, 0.15) is 17.5 Å². The second-order valence-corrected chi connectivity index (χ2v) is 5.70. The standard InChI is InChI=1S/C16H15Cl2N5O/c17-13-10-22-16(18)23-15(13)21-7-1-6-20-14(24)8-11-2-4-12(9-19)5-3-11/h2-5,10H,1,6-8H2,(H,20,24)(H,21,22,23). The van der Waals surface area contributed by atoms with Crippen molar-refractivity contribution < 1.29 is 4.79 Å². The van der Waals surface area contributed by atoms with Crippen LogP contribution in [-0.2, 0) is 11.2 Å². The Bertz CT molecular complexity index is 743. The van der Waals surface area contributed by atoms with E-state index in [4.69, 9.17) is 28.5 Å². The van der Waals surface area contributed by atoms with Crippen LogP contribution in [0, 0.1) is 11.3 Å². The number of anilines is 1. The fraction of sp³-hybridized carbons (Fsp3) is 0.250. The Morgan fingerprint density at radius 1 is 1.21 bits per heavy atom. The number of nitriles is 1. The third-order valence-electron chi connectivity index (χ3n) is 3.13. The van der Waals surface area contributed by atoms with Crippen molar-refractivity contribution in [3.05, 3.63) is 51.9 Å². The first-order valence-electron chi connectivity index (χ1n) is 7.26. The van der Waals surface area contributed by atoms with Crippen molar-refractivity contribution in [2.24, 2.45) is 0 Å². The van der Waals surface area contributed by atoms with Gasteiger partial charge in [0.25, 0.3) is 0 Å². The summed E-state index contributed by atoms with van der Waals surface area (Å²) in [6.07, 6.45) is 2.42. The van der Waals surface area contributed by atoms with Gasteiger partial charge in [-0.3, -0.25) is 4.79 Å². The molecule has 2 rings (SSSR count). The average molecular weight is 364 g/mol. The van der Waals surface area contributed by atoms with E-state index in [0.717, 1.165) is 5.56 Å². The predicted molar refractivity (Wildman–Crippen MR) is 93.0 cm³/mol.